The molecule has 3 heterocycles. The molecule has 0 aliphatic carbocycles. The lowest BCUT2D eigenvalue weighted by Gasteiger charge is -2.34. The van der Waals surface area contributed by atoms with Crippen molar-refractivity contribution in [3.63, 3.8) is 0 Å². The van der Waals surface area contributed by atoms with Crippen molar-refractivity contribution in [3.8, 4) is 0 Å². The van der Waals surface area contributed by atoms with Crippen LogP contribution >= 0.6 is 11.3 Å². The summed E-state index contributed by atoms with van der Waals surface area (Å²) in [6.45, 7) is 4.59. The van der Waals surface area contributed by atoms with Gasteiger partial charge in [0.25, 0.3) is 17.7 Å². The maximum absolute atomic E-state index is 13.1. The van der Waals surface area contributed by atoms with E-state index in [4.69, 9.17) is 0 Å². The van der Waals surface area contributed by atoms with E-state index in [9.17, 15) is 14.4 Å². The Morgan fingerprint density at radius 1 is 0.938 bits per heavy atom. The van der Waals surface area contributed by atoms with Crippen LogP contribution in [0.15, 0.2) is 48.5 Å². The molecular formula is C23H21N5O3S. The maximum Gasteiger partial charge on any atom is 0.261 e. The molecule has 0 unspecified atom stereocenters. The molecule has 0 saturated carbocycles. The van der Waals surface area contributed by atoms with E-state index < -0.39 is 0 Å². The summed E-state index contributed by atoms with van der Waals surface area (Å²) in [6, 6.07) is 14.2. The Labute approximate surface area is 189 Å². The predicted octanol–water partition coefficient (Wildman–Crippen LogP) is 2.61. The molecule has 0 N–H and O–H groups in total. The fourth-order valence-corrected chi connectivity index (χ4v) is 4.77. The number of carbonyl (C=O) groups excluding carboxylic acids is 3. The number of aryl methyl sites for hydroxylation is 1. The number of imide groups is 1. The van der Waals surface area contributed by atoms with E-state index in [1.54, 1.807) is 34.4 Å². The minimum absolute atomic E-state index is 0.136. The van der Waals surface area contributed by atoms with Crippen molar-refractivity contribution in [2.45, 2.75) is 13.5 Å². The SMILES string of the molecule is Cc1nnc(N2CCN(C(=O)c3ccc4c(c3)C(=O)N(Cc3ccccc3)C4=O)CC2)s1. The highest BCUT2D eigenvalue weighted by molar-refractivity contribution is 7.15. The third-order valence-corrected chi connectivity index (χ3v) is 6.65. The normalized spacial score (nSPS) is 16.0. The third kappa shape index (κ3) is 3.64. The number of nitrogens with zero attached hydrogens (tertiary/aromatic N) is 5. The number of amides is 3. The number of hydrogen-bond donors (Lipinski definition) is 0. The molecule has 2 aromatic carbocycles. The highest BCUT2D eigenvalue weighted by atomic mass is 32.1. The molecule has 0 radical (unpaired) electrons. The van der Waals surface area contributed by atoms with Gasteiger partial charge in [-0.3, -0.25) is 19.3 Å². The zero-order valence-corrected chi connectivity index (χ0v) is 18.3. The van der Waals surface area contributed by atoms with Crippen LogP contribution in [0.3, 0.4) is 0 Å². The highest BCUT2D eigenvalue weighted by Crippen LogP contribution is 2.27. The van der Waals surface area contributed by atoms with Crippen LogP contribution in [0.1, 0.15) is 41.6 Å². The van der Waals surface area contributed by atoms with Crippen molar-refractivity contribution in [2.75, 3.05) is 31.1 Å². The minimum atomic E-state index is -0.361. The van der Waals surface area contributed by atoms with E-state index in [1.165, 1.54) is 4.90 Å². The fourth-order valence-electron chi connectivity index (χ4n) is 4.03. The molecule has 0 bridgehead atoms. The fraction of sp³-hybridized carbons (Fsp3) is 0.261. The van der Waals surface area contributed by atoms with E-state index in [-0.39, 0.29) is 24.3 Å². The van der Waals surface area contributed by atoms with Crippen molar-refractivity contribution in [3.05, 3.63) is 75.8 Å². The summed E-state index contributed by atoms with van der Waals surface area (Å²) >= 11 is 1.54. The molecule has 1 saturated heterocycles. The summed E-state index contributed by atoms with van der Waals surface area (Å²) in [6.07, 6.45) is 0. The van der Waals surface area contributed by atoms with Gasteiger partial charge in [0.1, 0.15) is 5.01 Å². The number of benzene rings is 2. The molecular weight excluding hydrogens is 426 g/mol. The van der Waals surface area contributed by atoms with Crippen LogP contribution in [0.4, 0.5) is 5.13 Å². The molecule has 1 aromatic heterocycles. The zero-order valence-electron chi connectivity index (χ0n) is 17.5. The molecule has 5 rings (SSSR count). The second-order valence-electron chi connectivity index (χ2n) is 7.83. The first-order valence-corrected chi connectivity index (χ1v) is 11.2. The molecule has 162 valence electrons. The van der Waals surface area contributed by atoms with Gasteiger partial charge in [0, 0.05) is 31.7 Å². The van der Waals surface area contributed by atoms with Crippen LogP contribution in [-0.2, 0) is 6.54 Å². The number of hydrogen-bond acceptors (Lipinski definition) is 7. The second-order valence-corrected chi connectivity index (χ2v) is 8.99. The van der Waals surface area contributed by atoms with Crippen LogP contribution in [-0.4, -0.2) is 63.9 Å². The number of anilines is 1. The summed E-state index contributed by atoms with van der Waals surface area (Å²) < 4.78 is 0. The van der Waals surface area contributed by atoms with Crippen molar-refractivity contribution in [1.29, 1.82) is 0 Å². The van der Waals surface area contributed by atoms with Crippen LogP contribution in [0.2, 0.25) is 0 Å². The molecule has 32 heavy (non-hydrogen) atoms. The van der Waals surface area contributed by atoms with E-state index >= 15 is 0 Å². The minimum Gasteiger partial charge on any atom is -0.343 e. The lowest BCUT2D eigenvalue weighted by molar-refractivity contribution is 0.0642. The van der Waals surface area contributed by atoms with Crippen molar-refractivity contribution < 1.29 is 14.4 Å². The topological polar surface area (TPSA) is 86.7 Å². The molecule has 9 heteroatoms. The smallest absolute Gasteiger partial charge is 0.261 e. The maximum atomic E-state index is 13.1. The monoisotopic (exact) mass is 447 g/mol. The van der Waals surface area contributed by atoms with Gasteiger partial charge < -0.3 is 9.80 Å². The predicted molar refractivity (Wildman–Crippen MR) is 120 cm³/mol. The lowest BCUT2D eigenvalue weighted by atomic mass is 10.0. The van der Waals surface area contributed by atoms with Crippen LogP contribution in [0.5, 0.6) is 0 Å². The van der Waals surface area contributed by atoms with Gasteiger partial charge in [-0.1, -0.05) is 41.7 Å². The largest absolute Gasteiger partial charge is 0.343 e. The third-order valence-electron chi connectivity index (χ3n) is 5.75. The average molecular weight is 448 g/mol. The van der Waals surface area contributed by atoms with Crippen molar-refractivity contribution in [1.82, 2.24) is 20.0 Å². The van der Waals surface area contributed by atoms with E-state index in [2.05, 4.69) is 15.1 Å². The summed E-state index contributed by atoms with van der Waals surface area (Å²) in [4.78, 5) is 43.9. The zero-order chi connectivity index (χ0) is 22.2. The van der Waals surface area contributed by atoms with E-state index in [0.29, 0.717) is 42.9 Å². The second kappa shape index (κ2) is 8.16. The summed E-state index contributed by atoms with van der Waals surface area (Å²) in [5, 5.41) is 10.0. The molecule has 3 aromatic rings. The Morgan fingerprint density at radius 3 is 2.34 bits per heavy atom. The van der Waals surface area contributed by atoms with Gasteiger partial charge in [0.2, 0.25) is 5.13 Å². The number of fused-ring (bicyclic) bond motifs is 1. The average Bonchev–Trinajstić information content (AvgIpc) is 3.36. The number of piperazine rings is 1. The van der Waals surface area contributed by atoms with Gasteiger partial charge in [-0.25, -0.2) is 0 Å². The summed E-state index contributed by atoms with van der Waals surface area (Å²) in [5.74, 6) is -0.823. The standard InChI is InChI=1S/C23H21N5O3S/c1-15-24-25-23(32-15)27-11-9-26(10-12-27)20(29)17-7-8-18-19(13-17)22(31)28(21(18)30)14-16-5-3-2-4-6-16/h2-8,13H,9-12,14H2,1H3. The van der Waals surface area contributed by atoms with Crippen LogP contribution < -0.4 is 4.90 Å². The highest BCUT2D eigenvalue weighted by Gasteiger charge is 2.36. The van der Waals surface area contributed by atoms with Gasteiger partial charge in [0.05, 0.1) is 17.7 Å². The quantitative estimate of drug-likeness (QED) is 0.572. The molecule has 3 amide bonds. The van der Waals surface area contributed by atoms with Gasteiger partial charge >= 0.3 is 0 Å². The molecule has 2 aliphatic rings. The first kappa shape index (κ1) is 20.3. The number of aromatic nitrogens is 2. The molecule has 2 aliphatic heterocycles. The number of carbonyl (C=O) groups is 3. The van der Waals surface area contributed by atoms with E-state index in [1.807, 2.05) is 37.3 Å². The Morgan fingerprint density at radius 2 is 1.66 bits per heavy atom. The van der Waals surface area contributed by atoms with Crippen molar-refractivity contribution in [2.24, 2.45) is 0 Å². The van der Waals surface area contributed by atoms with Crippen LogP contribution in [0.25, 0.3) is 0 Å². The molecule has 0 atom stereocenters. The Kier molecular flexibility index (Phi) is 5.18. The molecule has 0 spiro atoms. The van der Waals surface area contributed by atoms with Gasteiger partial charge in [-0.2, -0.15) is 0 Å². The summed E-state index contributed by atoms with van der Waals surface area (Å²) in [5.41, 5.74) is 1.94. The molecule has 1 fully saturated rings. The van der Waals surface area contributed by atoms with Gasteiger partial charge in [0.15, 0.2) is 0 Å². The first-order chi connectivity index (χ1) is 15.5. The van der Waals surface area contributed by atoms with Gasteiger partial charge in [-0.15, -0.1) is 10.2 Å². The Hall–Kier alpha value is -3.59. The molecule has 8 nitrogen and oxygen atoms in total. The first-order valence-electron chi connectivity index (χ1n) is 10.4. The van der Waals surface area contributed by atoms with E-state index in [0.717, 1.165) is 15.7 Å². The Bertz CT molecular complexity index is 1200. The Balaban J connectivity index is 1.29. The number of rotatable bonds is 4. The lowest BCUT2D eigenvalue weighted by Crippen LogP contribution is -2.48. The summed E-state index contributed by atoms with van der Waals surface area (Å²) in [7, 11) is 0. The van der Waals surface area contributed by atoms with Crippen LogP contribution in [0, 0.1) is 6.92 Å². The van der Waals surface area contributed by atoms with Gasteiger partial charge in [-0.05, 0) is 30.7 Å². The van der Waals surface area contributed by atoms with Crippen molar-refractivity contribution >= 4 is 34.2 Å².